The van der Waals surface area contributed by atoms with E-state index in [9.17, 15) is 22.0 Å². The molecule has 0 aromatic heterocycles. The Balaban J connectivity index is 1.38. The molecule has 0 spiro atoms. The maximum absolute atomic E-state index is 15.2. The first-order valence-electron chi connectivity index (χ1n) is 14.4. The van der Waals surface area contributed by atoms with E-state index in [1.54, 1.807) is 42.5 Å². The van der Waals surface area contributed by atoms with Crippen LogP contribution in [-0.4, -0.2) is 50.3 Å². The second-order valence-corrected chi connectivity index (χ2v) is 13.2. The van der Waals surface area contributed by atoms with Gasteiger partial charge in [0, 0.05) is 53.9 Å². The minimum absolute atomic E-state index is 0.112. The minimum atomic E-state index is -3.79. The first-order valence-corrected chi connectivity index (χ1v) is 16.2. The van der Waals surface area contributed by atoms with Gasteiger partial charge in [0.1, 0.15) is 17.5 Å². The molecule has 0 bridgehead atoms. The Morgan fingerprint density at radius 3 is 2.33 bits per heavy atom. The fraction of sp³-hybridized carbons (Fsp3) is 0.242. The van der Waals surface area contributed by atoms with Crippen LogP contribution in [-0.2, 0) is 21.2 Å². The summed E-state index contributed by atoms with van der Waals surface area (Å²) < 4.78 is 72.0. The number of hydrogen-bond donors (Lipinski definition) is 3. The quantitative estimate of drug-likeness (QED) is 0.211. The fourth-order valence-electron chi connectivity index (χ4n) is 5.67. The molecule has 3 atom stereocenters. The predicted octanol–water partition coefficient (Wildman–Crippen LogP) is 5.45. The van der Waals surface area contributed by atoms with Crippen LogP contribution in [0.4, 0.5) is 18.9 Å². The van der Waals surface area contributed by atoms with Crippen molar-refractivity contribution >= 4 is 33.2 Å². The van der Waals surface area contributed by atoms with Crippen LogP contribution in [0.3, 0.4) is 0 Å². The van der Waals surface area contributed by atoms with Crippen molar-refractivity contribution in [1.29, 1.82) is 0 Å². The SMILES string of the molecule is N[C@H](C(=O)Nc1cccc(F)c1CC[C@H]1CNCCN1S(=O)(=O)c1ccccc1)[C@@H](c1ccc(Cl)cc1)c1cc(F)cc(F)c1. The lowest BCUT2D eigenvalue weighted by Crippen LogP contribution is -2.53. The van der Waals surface area contributed by atoms with Gasteiger partial charge in [-0.25, -0.2) is 21.6 Å². The molecule has 5 rings (SSSR count). The topological polar surface area (TPSA) is 105 Å². The second-order valence-electron chi connectivity index (χ2n) is 10.8. The third-order valence-corrected chi connectivity index (χ3v) is 10.1. The fourth-order valence-corrected chi connectivity index (χ4v) is 7.47. The van der Waals surface area contributed by atoms with Crippen LogP contribution in [0, 0.1) is 17.5 Å². The Hall–Kier alpha value is -3.74. The first-order chi connectivity index (χ1) is 21.5. The number of rotatable bonds is 10. The van der Waals surface area contributed by atoms with Crippen molar-refractivity contribution in [3.05, 3.63) is 130 Å². The molecule has 1 saturated heterocycles. The summed E-state index contributed by atoms with van der Waals surface area (Å²) >= 11 is 6.04. The van der Waals surface area contributed by atoms with Crippen molar-refractivity contribution in [2.45, 2.75) is 35.7 Å². The van der Waals surface area contributed by atoms with E-state index < -0.39 is 51.4 Å². The number of benzene rings is 4. The van der Waals surface area contributed by atoms with E-state index in [0.717, 1.165) is 18.2 Å². The van der Waals surface area contributed by atoms with Crippen LogP contribution in [0.2, 0.25) is 5.02 Å². The smallest absolute Gasteiger partial charge is 0.243 e. The number of carbonyl (C=O) groups excluding carboxylic acids is 1. The maximum atomic E-state index is 15.2. The average molecular weight is 657 g/mol. The van der Waals surface area contributed by atoms with E-state index in [1.807, 2.05) is 0 Å². The van der Waals surface area contributed by atoms with Crippen LogP contribution in [0.5, 0.6) is 0 Å². The van der Waals surface area contributed by atoms with Gasteiger partial charge in [0.25, 0.3) is 0 Å². The summed E-state index contributed by atoms with van der Waals surface area (Å²) in [7, 11) is -3.79. The van der Waals surface area contributed by atoms with Gasteiger partial charge in [0.05, 0.1) is 10.9 Å². The lowest BCUT2D eigenvalue weighted by Gasteiger charge is -2.35. The number of carbonyl (C=O) groups is 1. The zero-order chi connectivity index (χ0) is 32.1. The van der Waals surface area contributed by atoms with Gasteiger partial charge in [-0.3, -0.25) is 4.79 Å². The standard InChI is InChI=1S/C33H32ClF3N4O3S/c34-23-11-9-21(10-12-23)31(22-17-24(35)19-25(36)18-22)32(38)33(42)40-30-8-4-7-29(37)28(30)14-13-26-20-39-15-16-41(26)45(43,44)27-5-2-1-3-6-27/h1-12,17-19,26,31-32,39H,13-16,20,38H2,(H,40,42)/t26-,31-,32-/m0/s1. The van der Waals surface area contributed by atoms with E-state index in [1.165, 1.54) is 34.6 Å². The van der Waals surface area contributed by atoms with Gasteiger partial charge >= 0.3 is 0 Å². The van der Waals surface area contributed by atoms with Crippen molar-refractivity contribution in [1.82, 2.24) is 9.62 Å². The average Bonchev–Trinajstić information content (AvgIpc) is 3.02. The van der Waals surface area contributed by atoms with Gasteiger partial charge < -0.3 is 16.4 Å². The zero-order valence-corrected chi connectivity index (χ0v) is 25.7. The predicted molar refractivity (Wildman–Crippen MR) is 168 cm³/mol. The summed E-state index contributed by atoms with van der Waals surface area (Å²) in [6.45, 7) is 1.11. The number of hydrogen-bond acceptors (Lipinski definition) is 5. The maximum Gasteiger partial charge on any atom is 0.243 e. The monoisotopic (exact) mass is 656 g/mol. The summed E-state index contributed by atoms with van der Waals surface area (Å²) in [5.74, 6) is -3.91. The van der Waals surface area contributed by atoms with Gasteiger partial charge in [-0.05, 0) is 72.5 Å². The molecule has 4 N–H and O–H groups in total. The molecule has 0 saturated carbocycles. The highest BCUT2D eigenvalue weighted by atomic mass is 35.5. The number of halogens is 4. The van der Waals surface area contributed by atoms with E-state index >= 15 is 4.39 Å². The number of nitrogens with one attached hydrogen (secondary N) is 2. The van der Waals surface area contributed by atoms with Crippen LogP contribution >= 0.6 is 11.6 Å². The molecular weight excluding hydrogens is 625 g/mol. The van der Waals surface area contributed by atoms with E-state index in [4.69, 9.17) is 17.3 Å². The molecule has 7 nitrogen and oxygen atoms in total. The number of piperazine rings is 1. The van der Waals surface area contributed by atoms with E-state index in [0.29, 0.717) is 23.7 Å². The van der Waals surface area contributed by atoms with E-state index in [2.05, 4.69) is 10.6 Å². The van der Waals surface area contributed by atoms with Crippen LogP contribution in [0.25, 0.3) is 0 Å². The highest BCUT2D eigenvalue weighted by Gasteiger charge is 2.34. The van der Waals surface area contributed by atoms with Crippen molar-refractivity contribution in [3.63, 3.8) is 0 Å². The molecule has 0 unspecified atom stereocenters. The molecule has 0 aliphatic carbocycles. The lowest BCUT2D eigenvalue weighted by atomic mass is 9.84. The lowest BCUT2D eigenvalue weighted by molar-refractivity contribution is -0.117. The largest absolute Gasteiger partial charge is 0.324 e. The number of amides is 1. The molecule has 236 valence electrons. The molecule has 1 amide bonds. The molecule has 1 fully saturated rings. The Labute approximate surface area is 265 Å². The van der Waals surface area contributed by atoms with Crippen LogP contribution in [0.1, 0.15) is 29.0 Å². The molecule has 1 heterocycles. The van der Waals surface area contributed by atoms with Crippen molar-refractivity contribution < 1.29 is 26.4 Å². The molecule has 1 aliphatic heterocycles. The van der Waals surface area contributed by atoms with Crippen molar-refractivity contribution in [2.75, 3.05) is 25.0 Å². The highest BCUT2D eigenvalue weighted by molar-refractivity contribution is 7.89. The molecule has 12 heteroatoms. The van der Waals surface area contributed by atoms with Crippen molar-refractivity contribution in [2.24, 2.45) is 5.73 Å². The third-order valence-electron chi connectivity index (χ3n) is 7.89. The Kier molecular flexibility index (Phi) is 10.3. The molecule has 4 aromatic carbocycles. The summed E-state index contributed by atoms with van der Waals surface area (Å²) in [6.07, 6.45) is 0.380. The number of sulfonamides is 1. The Bertz CT molecular complexity index is 1740. The molecule has 4 aromatic rings. The Morgan fingerprint density at radius 1 is 0.956 bits per heavy atom. The van der Waals surface area contributed by atoms with Crippen LogP contribution in [0.15, 0.2) is 95.9 Å². The van der Waals surface area contributed by atoms with Gasteiger partial charge in [-0.15, -0.1) is 0 Å². The first kappa shape index (κ1) is 32.6. The van der Waals surface area contributed by atoms with Crippen LogP contribution < -0.4 is 16.4 Å². The highest BCUT2D eigenvalue weighted by Crippen LogP contribution is 2.31. The van der Waals surface area contributed by atoms with Gasteiger partial charge in [-0.1, -0.05) is 48.0 Å². The second kappa shape index (κ2) is 14.1. The summed E-state index contributed by atoms with van der Waals surface area (Å²) in [6, 6.07) is 19.9. The minimum Gasteiger partial charge on any atom is -0.324 e. The Morgan fingerprint density at radius 2 is 1.64 bits per heavy atom. The van der Waals surface area contributed by atoms with E-state index in [-0.39, 0.29) is 41.1 Å². The summed E-state index contributed by atoms with van der Waals surface area (Å²) in [5.41, 5.74) is 7.43. The molecule has 45 heavy (non-hydrogen) atoms. The van der Waals surface area contributed by atoms with Gasteiger partial charge in [0.15, 0.2) is 0 Å². The molecular formula is C33H32ClF3N4O3S. The number of nitrogens with zero attached hydrogens (tertiary/aromatic N) is 1. The number of anilines is 1. The zero-order valence-electron chi connectivity index (χ0n) is 24.1. The normalized spacial score (nSPS) is 17.0. The van der Waals surface area contributed by atoms with Crippen molar-refractivity contribution in [3.8, 4) is 0 Å². The summed E-state index contributed by atoms with van der Waals surface area (Å²) in [5, 5.41) is 6.33. The summed E-state index contributed by atoms with van der Waals surface area (Å²) in [4.78, 5) is 13.8. The number of nitrogens with two attached hydrogens (primary N) is 1. The molecule has 0 radical (unpaired) electrons. The van der Waals surface area contributed by atoms with Gasteiger partial charge in [-0.2, -0.15) is 4.31 Å². The molecule has 1 aliphatic rings. The third kappa shape index (κ3) is 7.57. The van der Waals surface area contributed by atoms with Gasteiger partial charge in [0.2, 0.25) is 15.9 Å².